The van der Waals surface area contributed by atoms with Gasteiger partial charge in [0.05, 0.1) is 0 Å². The second-order valence-electron chi connectivity index (χ2n) is 5.84. The third-order valence-electron chi connectivity index (χ3n) is 4.24. The van der Waals surface area contributed by atoms with Crippen molar-refractivity contribution in [2.24, 2.45) is 5.92 Å². The predicted molar refractivity (Wildman–Crippen MR) is 76.5 cm³/mol. The molecule has 2 aliphatic carbocycles. The maximum atomic E-state index is 12.3. The van der Waals surface area contributed by atoms with Gasteiger partial charge >= 0.3 is 12.0 Å². The minimum atomic E-state index is -0.917. The van der Waals surface area contributed by atoms with Crippen molar-refractivity contribution in [1.82, 2.24) is 10.2 Å². The number of nitrogens with one attached hydrogen (secondary N) is 1. The first-order valence-electron chi connectivity index (χ1n) is 7.54. The summed E-state index contributed by atoms with van der Waals surface area (Å²) in [5, 5.41) is 12.1. The van der Waals surface area contributed by atoms with Crippen LogP contribution >= 0.6 is 0 Å². The number of carbonyl (C=O) groups excluding carboxylic acids is 1. The molecule has 2 fully saturated rings. The first kappa shape index (κ1) is 14.9. The van der Waals surface area contributed by atoms with Crippen molar-refractivity contribution in [3.63, 3.8) is 0 Å². The molecule has 0 aromatic rings. The van der Waals surface area contributed by atoms with Gasteiger partial charge in [-0.1, -0.05) is 25.3 Å². The second kappa shape index (κ2) is 6.77. The lowest BCUT2D eigenvalue weighted by molar-refractivity contribution is -0.141. The number of hydrogen-bond donors (Lipinski definition) is 2. The van der Waals surface area contributed by atoms with Crippen LogP contribution in [0.15, 0.2) is 12.7 Å². The molecule has 1 unspecified atom stereocenters. The van der Waals surface area contributed by atoms with Gasteiger partial charge in [0.1, 0.15) is 6.04 Å². The summed E-state index contributed by atoms with van der Waals surface area (Å²) in [6.07, 6.45) is 8.76. The van der Waals surface area contributed by atoms with Crippen LogP contribution in [0, 0.1) is 5.92 Å². The molecule has 2 amide bonds. The molecule has 2 rings (SSSR count). The number of carboxylic acid groups (broad SMARTS) is 1. The molecule has 0 bridgehead atoms. The van der Waals surface area contributed by atoms with Crippen molar-refractivity contribution in [3.05, 3.63) is 12.7 Å². The van der Waals surface area contributed by atoms with Gasteiger partial charge < -0.3 is 15.3 Å². The Balaban J connectivity index is 1.97. The molecule has 0 aliphatic heterocycles. The maximum Gasteiger partial charge on any atom is 0.326 e. The van der Waals surface area contributed by atoms with Crippen molar-refractivity contribution in [2.45, 2.75) is 57.0 Å². The lowest BCUT2D eigenvalue weighted by Crippen LogP contribution is -2.52. The number of hydrogen-bond acceptors (Lipinski definition) is 2. The van der Waals surface area contributed by atoms with Gasteiger partial charge in [0, 0.05) is 12.6 Å². The molecule has 0 aromatic carbocycles. The highest BCUT2D eigenvalue weighted by Crippen LogP contribution is 2.29. The number of amides is 2. The van der Waals surface area contributed by atoms with Crippen molar-refractivity contribution in [3.8, 4) is 0 Å². The highest BCUT2D eigenvalue weighted by atomic mass is 16.4. The first-order valence-corrected chi connectivity index (χ1v) is 7.54. The molecule has 0 spiro atoms. The topological polar surface area (TPSA) is 69.6 Å². The Kier molecular flexibility index (Phi) is 5.04. The van der Waals surface area contributed by atoms with Crippen LogP contribution in [-0.4, -0.2) is 40.6 Å². The van der Waals surface area contributed by atoms with E-state index in [1.54, 1.807) is 11.0 Å². The zero-order valence-electron chi connectivity index (χ0n) is 11.9. The standard InChI is InChI=1S/C15H24N2O3/c1-2-10-17(12-8-9-12)15(20)16-13(14(18)19)11-6-4-3-5-7-11/h2,11-13H,1,3-10H2,(H,16,20)(H,18,19). The minimum Gasteiger partial charge on any atom is -0.480 e. The van der Waals surface area contributed by atoms with Gasteiger partial charge in [-0.3, -0.25) is 0 Å². The largest absolute Gasteiger partial charge is 0.480 e. The van der Waals surface area contributed by atoms with Crippen molar-refractivity contribution in [1.29, 1.82) is 0 Å². The fourth-order valence-electron chi connectivity index (χ4n) is 2.99. The van der Waals surface area contributed by atoms with E-state index < -0.39 is 12.0 Å². The molecular weight excluding hydrogens is 256 g/mol. The zero-order chi connectivity index (χ0) is 14.5. The Morgan fingerprint density at radius 3 is 2.40 bits per heavy atom. The van der Waals surface area contributed by atoms with Crippen molar-refractivity contribution >= 4 is 12.0 Å². The Bertz CT molecular complexity index is 373. The molecule has 0 saturated heterocycles. The van der Waals surface area contributed by atoms with Gasteiger partial charge in [0.2, 0.25) is 0 Å². The summed E-state index contributed by atoms with van der Waals surface area (Å²) >= 11 is 0. The number of carbonyl (C=O) groups is 2. The Morgan fingerprint density at radius 2 is 1.90 bits per heavy atom. The van der Waals surface area contributed by atoms with E-state index in [4.69, 9.17) is 0 Å². The quantitative estimate of drug-likeness (QED) is 0.734. The van der Waals surface area contributed by atoms with Crippen molar-refractivity contribution < 1.29 is 14.7 Å². The van der Waals surface area contributed by atoms with Crippen LogP contribution in [0.3, 0.4) is 0 Å². The smallest absolute Gasteiger partial charge is 0.326 e. The zero-order valence-corrected chi connectivity index (χ0v) is 11.9. The molecule has 0 radical (unpaired) electrons. The van der Waals surface area contributed by atoms with Crippen LogP contribution in [0.2, 0.25) is 0 Å². The lowest BCUT2D eigenvalue weighted by Gasteiger charge is -2.30. The molecule has 5 heteroatoms. The van der Waals surface area contributed by atoms with E-state index in [-0.39, 0.29) is 18.0 Å². The number of nitrogens with zero attached hydrogens (tertiary/aromatic N) is 1. The van der Waals surface area contributed by atoms with Crippen LogP contribution in [0.4, 0.5) is 4.79 Å². The Hall–Kier alpha value is -1.52. The summed E-state index contributed by atoms with van der Waals surface area (Å²) in [6.45, 7) is 4.14. The van der Waals surface area contributed by atoms with Gasteiger partial charge in [-0.05, 0) is 31.6 Å². The van der Waals surface area contributed by atoms with E-state index in [0.29, 0.717) is 6.54 Å². The highest BCUT2D eigenvalue weighted by Gasteiger charge is 2.36. The van der Waals surface area contributed by atoms with Gasteiger partial charge in [-0.25, -0.2) is 9.59 Å². The summed E-state index contributed by atoms with van der Waals surface area (Å²) in [6, 6.07) is -0.756. The second-order valence-corrected chi connectivity index (χ2v) is 5.84. The summed E-state index contributed by atoms with van der Waals surface area (Å²) < 4.78 is 0. The van der Waals surface area contributed by atoms with E-state index in [1.807, 2.05) is 0 Å². The van der Waals surface area contributed by atoms with Crippen LogP contribution in [-0.2, 0) is 4.79 Å². The first-order chi connectivity index (χ1) is 9.63. The number of rotatable bonds is 6. The van der Waals surface area contributed by atoms with Gasteiger partial charge in [0.25, 0.3) is 0 Å². The van der Waals surface area contributed by atoms with E-state index in [2.05, 4.69) is 11.9 Å². The summed E-state index contributed by atoms with van der Waals surface area (Å²) in [7, 11) is 0. The van der Waals surface area contributed by atoms with Crippen LogP contribution < -0.4 is 5.32 Å². The van der Waals surface area contributed by atoms with Gasteiger partial charge in [-0.2, -0.15) is 0 Å². The normalized spacial score (nSPS) is 21.0. The summed E-state index contributed by atoms with van der Waals surface area (Å²) in [5.74, 6) is -0.852. The molecule has 2 N–H and O–H groups in total. The maximum absolute atomic E-state index is 12.3. The number of carboxylic acids is 1. The molecular formula is C15H24N2O3. The Morgan fingerprint density at radius 1 is 1.25 bits per heavy atom. The molecule has 2 aliphatic rings. The predicted octanol–water partition coefficient (Wildman–Crippen LogP) is 2.38. The fraction of sp³-hybridized carbons (Fsp3) is 0.733. The molecule has 0 heterocycles. The molecule has 112 valence electrons. The Labute approximate surface area is 120 Å². The lowest BCUT2D eigenvalue weighted by atomic mass is 9.84. The molecule has 20 heavy (non-hydrogen) atoms. The van der Waals surface area contributed by atoms with Gasteiger partial charge in [0.15, 0.2) is 0 Å². The summed E-state index contributed by atoms with van der Waals surface area (Å²) in [5.41, 5.74) is 0. The van der Waals surface area contributed by atoms with E-state index in [1.165, 1.54) is 6.42 Å². The molecule has 5 nitrogen and oxygen atoms in total. The van der Waals surface area contributed by atoms with E-state index in [9.17, 15) is 14.7 Å². The number of urea groups is 1. The van der Waals surface area contributed by atoms with Crippen LogP contribution in [0.5, 0.6) is 0 Å². The average Bonchev–Trinajstić information content (AvgIpc) is 3.27. The minimum absolute atomic E-state index is 0.0648. The number of aliphatic carboxylic acids is 1. The van der Waals surface area contributed by atoms with Crippen LogP contribution in [0.1, 0.15) is 44.9 Å². The van der Waals surface area contributed by atoms with Crippen molar-refractivity contribution in [2.75, 3.05) is 6.54 Å². The third kappa shape index (κ3) is 3.74. The molecule has 1 atom stereocenters. The van der Waals surface area contributed by atoms with Crippen LogP contribution in [0.25, 0.3) is 0 Å². The average molecular weight is 280 g/mol. The SMILES string of the molecule is C=CCN(C(=O)NC(C(=O)O)C1CCCCC1)C1CC1. The van der Waals surface area contributed by atoms with E-state index >= 15 is 0 Å². The third-order valence-corrected chi connectivity index (χ3v) is 4.24. The molecule has 2 saturated carbocycles. The van der Waals surface area contributed by atoms with E-state index in [0.717, 1.165) is 38.5 Å². The van der Waals surface area contributed by atoms with Gasteiger partial charge in [-0.15, -0.1) is 6.58 Å². The fourth-order valence-corrected chi connectivity index (χ4v) is 2.99. The highest BCUT2D eigenvalue weighted by molar-refractivity contribution is 5.83. The summed E-state index contributed by atoms with van der Waals surface area (Å²) in [4.78, 5) is 25.4. The monoisotopic (exact) mass is 280 g/mol. The molecule has 0 aromatic heterocycles.